The highest BCUT2D eigenvalue weighted by molar-refractivity contribution is 5.88. The van der Waals surface area contributed by atoms with Crippen molar-refractivity contribution in [2.75, 3.05) is 46.5 Å². The molecule has 1 heterocycles. The predicted octanol–water partition coefficient (Wildman–Crippen LogP) is 9.28. The van der Waals surface area contributed by atoms with Crippen molar-refractivity contribution in [3.05, 3.63) is 118 Å². The number of benzene rings is 4. The predicted molar refractivity (Wildman–Crippen MR) is 219 cm³/mol. The molecule has 0 amide bonds. The first kappa shape index (κ1) is 40.4. The largest absolute Gasteiger partial charge is 0.507 e. The third-order valence-electron chi connectivity index (χ3n) is 9.64. The number of unbranched alkanes of at least 4 members (excludes halogenated alkanes) is 5. The molecule has 3 N–H and O–H groups in total. The zero-order chi connectivity index (χ0) is 37.8. The van der Waals surface area contributed by atoms with Gasteiger partial charge in [-0.05, 0) is 101 Å². The van der Waals surface area contributed by atoms with Crippen LogP contribution in [0.4, 0.5) is 0 Å². The number of hydrogen-bond acceptors (Lipinski definition) is 8. The van der Waals surface area contributed by atoms with Crippen molar-refractivity contribution in [1.82, 2.24) is 10.6 Å². The highest BCUT2D eigenvalue weighted by Crippen LogP contribution is 2.39. The lowest BCUT2D eigenvalue weighted by molar-refractivity contribution is 0.291. The molecule has 4 aromatic carbocycles. The summed E-state index contributed by atoms with van der Waals surface area (Å²) >= 11 is 0. The summed E-state index contributed by atoms with van der Waals surface area (Å²) in [5.74, 6) is 2.04. The lowest BCUT2D eigenvalue weighted by Crippen LogP contribution is -2.19. The van der Waals surface area contributed by atoms with Crippen molar-refractivity contribution in [2.45, 2.75) is 77.6 Å². The minimum absolute atomic E-state index is 0.150. The van der Waals surface area contributed by atoms with Gasteiger partial charge in [-0.25, -0.2) is 0 Å². The Kier molecular flexibility index (Phi) is 16.8. The quantitative estimate of drug-likeness (QED) is 0.0511. The van der Waals surface area contributed by atoms with Crippen LogP contribution in [0.1, 0.15) is 75.0 Å². The number of aromatic hydroxyl groups is 1. The van der Waals surface area contributed by atoms with Gasteiger partial charge >= 0.3 is 0 Å². The van der Waals surface area contributed by atoms with E-state index in [-0.39, 0.29) is 22.1 Å². The molecule has 0 saturated heterocycles. The number of phenolic OH excluding ortho intramolecular Hbond substituents is 1. The Labute approximate surface area is 320 Å². The second-order valence-electron chi connectivity index (χ2n) is 13.8. The third-order valence-corrected chi connectivity index (χ3v) is 9.64. The Hall–Kier alpha value is -4.79. The van der Waals surface area contributed by atoms with Gasteiger partial charge in [0.15, 0.2) is 5.43 Å². The van der Waals surface area contributed by atoms with Gasteiger partial charge in [0.25, 0.3) is 0 Å². The Morgan fingerprint density at radius 2 is 1.30 bits per heavy atom. The van der Waals surface area contributed by atoms with Crippen molar-refractivity contribution < 1.29 is 23.7 Å². The molecule has 0 atom stereocenters. The standard InChI is InChI=1S/C46H58N2O6/c1-3-4-5-12-21-40-45(50)44-41(49)32-38(51-2)34-43(44)54-46(40)39-23-22-37(52-30-15-13-26-47-28-24-35-17-8-6-9-18-35)33-42(39)53-31-16-14-27-48-29-25-36-19-10-7-11-20-36/h6-11,17-20,22-23,32-34,47-49H,3-5,12-16,21,24-31H2,1-2H3. The Bertz CT molecular complexity index is 1890. The van der Waals surface area contributed by atoms with Crippen LogP contribution < -0.4 is 30.3 Å². The molecule has 5 aromatic rings. The number of phenols is 1. The summed E-state index contributed by atoms with van der Waals surface area (Å²) in [5, 5.41) is 18.1. The van der Waals surface area contributed by atoms with Crippen molar-refractivity contribution >= 4 is 11.0 Å². The Balaban J connectivity index is 1.27. The minimum atomic E-state index is -0.229. The highest BCUT2D eigenvalue weighted by atomic mass is 16.5. The van der Waals surface area contributed by atoms with Crippen molar-refractivity contribution in [3.63, 3.8) is 0 Å². The zero-order valence-electron chi connectivity index (χ0n) is 32.2. The molecule has 0 unspecified atom stereocenters. The molecule has 0 bridgehead atoms. The van der Waals surface area contributed by atoms with Crippen LogP contribution in [-0.2, 0) is 19.3 Å². The maximum atomic E-state index is 14.1. The van der Waals surface area contributed by atoms with Gasteiger partial charge in [0.1, 0.15) is 39.7 Å². The van der Waals surface area contributed by atoms with E-state index in [9.17, 15) is 9.90 Å². The van der Waals surface area contributed by atoms with Crippen LogP contribution in [0.15, 0.2) is 100 Å². The number of rotatable bonds is 25. The molecule has 8 nitrogen and oxygen atoms in total. The SMILES string of the molecule is CCCCCCc1c(-c2ccc(OCCCCNCCc3ccccc3)cc2OCCCCNCCc2ccccc2)oc2cc(OC)cc(O)c2c1=O. The fourth-order valence-corrected chi connectivity index (χ4v) is 6.58. The highest BCUT2D eigenvalue weighted by Gasteiger charge is 2.22. The molecule has 1 aromatic heterocycles. The van der Waals surface area contributed by atoms with Crippen molar-refractivity contribution in [2.24, 2.45) is 0 Å². The molecular weight excluding hydrogens is 677 g/mol. The van der Waals surface area contributed by atoms with E-state index in [0.717, 1.165) is 90.4 Å². The van der Waals surface area contributed by atoms with E-state index in [1.54, 1.807) is 6.07 Å². The van der Waals surface area contributed by atoms with Gasteiger partial charge in [-0.1, -0.05) is 86.8 Å². The Morgan fingerprint density at radius 3 is 1.93 bits per heavy atom. The molecule has 5 rings (SSSR count). The zero-order valence-corrected chi connectivity index (χ0v) is 32.2. The first-order chi connectivity index (χ1) is 26.6. The van der Waals surface area contributed by atoms with Crippen LogP contribution in [0.3, 0.4) is 0 Å². The average Bonchev–Trinajstić information content (AvgIpc) is 3.19. The van der Waals surface area contributed by atoms with Gasteiger partial charge < -0.3 is 34.4 Å². The van der Waals surface area contributed by atoms with Crippen molar-refractivity contribution in [1.29, 1.82) is 0 Å². The van der Waals surface area contributed by atoms with Gasteiger partial charge in [-0.3, -0.25) is 4.79 Å². The van der Waals surface area contributed by atoms with Crippen LogP contribution >= 0.6 is 0 Å². The van der Waals surface area contributed by atoms with Crippen molar-refractivity contribution in [3.8, 4) is 34.3 Å². The van der Waals surface area contributed by atoms with Gasteiger partial charge in [0.05, 0.1) is 25.9 Å². The maximum Gasteiger partial charge on any atom is 0.200 e. The smallest absolute Gasteiger partial charge is 0.200 e. The topological polar surface area (TPSA) is 102 Å². The normalized spacial score (nSPS) is 11.2. The Morgan fingerprint density at radius 1 is 0.648 bits per heavy atom. The molecule has 0 aliphatic carbocycles. The third kappa shape index (κ3) is 12.4. The second-order valence-corrected chi connectivity index (χ2v) is 13.8. The summed E-state index contributed by atoms with van der Waals surface area (Å²) in [6.07, 6.45) is 10.3. The summed E-state index contributed by atoms with van der Waals surface area (Å²) in [6.45, 7) is 6.98. The molecule has 0 fully saturated rings. The van der Waals surface area contributed by atoms with Crippen LogP contribution in [0.25, 0.3) is 22.3 Å². The number of ether oxygens (including phenoxy) is 3. The van der Waals surface area contributed by atoms with E-state index in [1.807, 2.05) is 30.3 Å². The second kappa shape index (κ2) is 22.4. The number of fused-ring (bicyclic) bond motifs is 1. The van der Waals surface area contributed by atoms with E-state index >= 15 is 0 Å². The lowest BCUT2D eigenvalue weighted by Gasteiger charge is -2.17. The van der Waals surface area contributed by atoms with Gasteiger partial charge in [0, 0.05) is 23.8 Å². The molecule has 0 saturated carbocycles. The molecule has 288 valence electrons. The summed E-state index contributed by atoms with van der Waals surface area (Å²) in [4.78, 5) is 14.1. The molecule has 8 heteroatoms. The molecule has 0 aliphatic heterocycles. The van der Waals surface area contributed by atoms with E-state index in [0.29, 0.717) is 53.8 Å². The monoisotopic (exact) mass is 734 g/mol. The summed E-state index contributed by atoms with van der Waals surface area (Å²) < 4.78 is 24.6. The minimum Gasteiger partial charge on any atom is -0.507 e. The fraction of sp³-hybridized carbons (Fsp3) is 0.413. The van der Waals surface area contributed by atoms with E-state index in [1.165, 1.54) is 24.3 Å². The number of nitrogens with one attached hydrogen (secondary N) is 2. The van der Waals surface area contributed by atoms with E-state index in [4.69, 9.17) is 18.6 Å². The number of methoxy groups -OCH3 is 1. The maximum absolute atomic E-state index is 14.1. The summed E-state index contributed by atoms with van der Waals surface area (Å²) in [6, 6.07) is 29.9. The van der Waals surface area contributed by atoms with Gasteiger partial charge in [-0.15, -0.1) is 0 Å². The lowest BCUT2D eigenvalue weighted by atomic mass is 9.98. The summed E-state index contributed by atoms with van der Waals surface area (Å²) in [7, 11) is 1.52. The first-order valence-electron chi connectivity index (χ1n) is 19.8. The van der Waals surface area contributed by atoms with E-state index in [2.05, 4.69) is 66.1 Å². The van der Waals surface area contributed by atoms with Crippen LogP contribution in [0.5, 0.6) is 23.0 Å². The molecule has 0 spiro atoms. The van der Waals surface area contributed by atoms with Crippen LogP contribution in [-0.4, -0.2) is 51.6 Å². The molecule has 54 heavy (non-hydrogen) atoms. The first-order valence-corrected chi connectivity index (χ1v) is 19.8. The summed E-state index contributed by atoms with van der Waals surface area (Å²) in [5.41, 5.74) is 3.95. The van der Waals surface area contributed by atoms with Crippen LogP contribution in [0, 0.1) is 0 Å². The molecular formula is C46H58N2O6. The van der Waals surface area contributed by atoms with E-state index < -0.39 is 0 Å². The molecule has 0 radical (unpaired) electrons. The van der Waals surface area contributed by atoms with Crippen LogP contribution in [0.2, 0.25) is 0 Å². The fourth-order valence-electron chi connectivity index (χ4n) is 6.58. The van der Waals surface area contributed by atoms with Gasteiger partial charge in [-0.2, -0.15) is 0 Å². The number of hydrogen-bond donors (Lipinski definition) is 3. The van der Waals surface area contributed by atoms with Gasteiger partial charge in [0.2, 0.25) is 0 Å². The molecule has 0 aliphatic rings. The average molecular weight is 735 g/mol.